The molecule has 1 aromatic carbocycles. The molecule has 0 saturated carbocycles. The Hall–Kier alpha value is -0.630. The number of hydrogen-bond acceptors (Lipinski definition) is 2. The molecule has 0 aromatic heterocycles. The Bertz CT molecular complexity index is 316. The highest BCUT2D eigenvalue weighted by molar-refractivity contribution is 7.80. The molecule has 14 heavy (non-hydrogen) atoms. The van der Waals surface area contributed by atoms with E-state index in [2.05, 4.69) is 57.4 Å². The number of benzene rings is 1. The maximum absolute atomic E-state index is 4.46. The minimum Gasteiger partial charge on any atom is -0.372 e. The number of aryl methyl sites for hydroxylation is 2. The molecular formula is C12H19NS. The van der Waals surface area contributed by atoms with E-state index in [4.69, 9.17) is 0 Å². The van der Waals surface area contributed by atoms with Gasteiger partial charge in [-0.15, -0.1) is 12.6 Å². The van der Waals surface area contributed by atoms with E-state index in [0.717, 1.165) is 18.0 Å². The molecule has 0 bridgehead atoms. The van der Waals surface area contributed by atoms with Gasteiger partial charge in [0.2, 0.25) is 0 Å². The fourth-order valence-corrected chi connectivity index (χ4v) is 1.92. The molecule has 0 aliphatic heterocycles. The van der Waals surface area contributed by atoms with Crippen LogP contribution in [0.4, 0.5) is 5.69 Å². The first kappa shape index (κ1) is 11.4. The number of rotatable bonds is 3. The average Bonchev–Trinajstić information content (AvgIpc) is 2.15. The summed E-state index contributed by atoms with van der Waals surface area (Å²) in [7, 11) is 0. The lowest BCUT2D eigenvalue weighted by molar-refractivity contribution is 0.859. The largest absolute Gasteiger partial charge is 0.372 e. The summed E-state index contributed by atoms with van der Waals surface area (Å²) < 4.78 is 0. The van der Waals surface area contributed by atoms with Crippen LogP contribution in [0.15, 0.2) is 17.0 Å². The average molecular weight is 209 g/mol. The van der Waals surface area contributed by atoms with Crippen LogP contribution >= 0.6 is 12.6 Å². The van der Waals surface area contributed by atoms with Crippen LogP contribution in [0, 0.1) is 13.8 Å². The molecule has 1 nitrogen and oxygen atoms in total. The first-order chi connectivity index (χ1) is 6.60. The zero-order chi connectivity index (χ0) is 10.7. The van der Waals surface area contributed by atoms with Crippen molar-refractivity contribution in [2.24, 2.45) is 0 Å². The minimum absolute atomic E-state index is 1.05. The molecule has 0 radical (unpaired) electrons. The van der Waals surface area contributed by atoms with E-state index >= 15 is 0 Å². The summed E-state index contributed by atoms with van der Waals surface area (Å²) in [6.45, 7) is 10.7. The van der Waals surface area contributed by atoms with Gasteiger partial charge in [-0.2, -0.15) is 0 Å². The molecule has 1 aromatic rings. The molecular weight excluding hydrogens is 190 g/mol. The second kappa shape index (κ2) is 4.74. The van der Waals surface area contributed by atoms with Crippen molar-refractivity contribution in [1.82, 2.24) is 0 Å². The zero-order valence-electron chi connectivity index (χ0n) is 9.46. The van der Waals surface area contributed by atoms with Crippen LogP contribution in [0.3, 0.4) is 0 Å². The third-order valence-electron chi connectivity index (χ3n) is 2.62. The van der Waals surface area contributed by atoms with Gasteiger partial charge in [0, 0.05) is 23.7 Å². The lowest BCUT2D eigenvalue weighted by Crippen LogP contribution is -2.22. The normalized spacial score (nSPS) is 10.4. The number of nitrogens with zero attached hydrogens (tertiary/aromatic N) is 1. The molecule has 0 amide bonds. The van der Waals surface area contributed by atoms with E-state index < -0.39 is 0 Å². The summed E-state index contributed by atoms with van der Waals surface area (Å²) in [5, 5.41) is 0. The summed E-state index contributed by atoms with van der Waals surface area (Å²) in [6, 6.07) is 4.37. The van der Waals surface area contributed by atoms with Crippen LogP contribution in [-0.4, -0.2) is 13.1 Å². The fraction of sp³-hybridized carbons (Fsp3) is 0.500. The summed E-state index contributed by atoms with van der Waals surface area (Å²) >= 11 is 4.46. The highest BCUT2D eigenvalue weighted by atomic mass is 32.1. The first-order valence-corrected chi connectivity index (χ1v) is 5.60. The predicted octanol–water partition coefficient (Wildman–Crippen LogP) is 3.44. The first-order valence-electron chi connectivity index (χ1n) is 5.15. The SMILES string of the molecule is CCN(CC)c1cc(S)c(C)cc1C. The van der Waals surface area contributed by atoms with Crippen LogP contribution in [-0.2, 0) is 0 Å². The van der Waals surface area contributed by atoms with E-state index in [0.29, 0.717) is 0 Å². The van der Waals surface area contributed by atoms with Crippen molar-refractivity contribution in [3.05, 3.63) is 23.3 Å². The highest BCUT2D eigenvalue weighted by Crippen LogP contribution is 2.26. The van der Waals surface area contributed by atoms with Crippen molar-refractivity contribution in [3.8, 4) is 0 Å². The summed E-state index contributed by atoms with van der Waals surface area (Å²) in [5.41, 5.74) is 3.90. The van der Waals surface area contributed by atoms with Gasteiger partial charge >= 0.3 is 0 Å². The molecule has 2 heteroatoms. The van der Waals surface area contributed by atoms with Gasteiger partial charge < -0.3 is 4.90 Å². The maximum atomic E-state index is 4.46. The molecule has 0 N–H and O–H groups in total. The van der Waals surface area contributed by atoms with Gasteiger partial charge in [-0.25, -0.2) is 0 Å². The molecule has 0 aliphatic carbocycles. The van der Waals surface area contributed by atoms with E-state index in [9.17, 15) is 0 Å². The second-order valence-corrected chi connectivity index (χ2v) is 4.08. The standard InChI is InChI=1S/C12H19NS/c1-5-13(6-2)11-8-12(14)10(4)7-9(11)3/h7-8,14H,5-6H2,1-4H3. The summed E-state index contributed by atoms with van der Waals surface area (Å²) in [4.78, 5) is 3.44. The van der Waals surface area contributed by atoms with Crippen molar-refractivity contribution in [3.63, 3.8) is 0 Å². The Labute approximate surface area is 92.5 Å². The van der Waals surface area contributed by atoms with Crippen LogP contribution in [0.2, 0.25) is 0 Å². The minimum atomic E-state index is 1.05. The van der Waals surface area contributed by atoms with Crippen molar-refractivity contribution in [2.45, 2.75) is 32.6 Å². The van der Waals surface area contributed by atoms with Crippen LogP contribution in [0.5, 0.6) is 0 Å². The molecule has 0 aliphatic rings. The van der Waals surface area contributed by atoms with Gasteiger partial charge in [0.15, 0.2) is 0 Å². The van der Waals surface area contributed by atoms with Gasteiger partial charge in [0.05, 0.1) is 0 Å². The van der Waals surface area contributed by atoms with Crippen molar-refractivity contribution in [2.75, 3.05) is 18.0 Å². The second-order valence-electron chi connectivity index (χ2n) is 3.60. The lowest BCUT2D eigenvalue weighted by Gasteiger charge is -2.24. The molecule has 78 valence electrons. The Morgan fingerprint density at radius 1 is 1.07 bits per heavy atom. The summed E-state index contributed by atoms with van der Waals surface area (Å²) in [6.07, 6.45) is 0. The van der Waals surface area contributed by atoms with Gasteiger partial charge in [-0.1, -0.05) is 6.07 Å². The Morgan fingerprint density at radius 3 is 2.14 bits per heavy atom. The molecule has 0 fully saturated rings. The van der Waals surface area contributed by atoms with E-state index in [1.54, 1.807) is 0 Å². The molecule has 0 saturated heterocycles. The van der Waals surface area contributed by atoms with Crippen LogP contribution < -0.4 is 4.90 Å². The Kier molecular flexibility index (Phi) is 3.87. The topological polar surface area (TPSA) is 3.24 Å². The molecule has 1 rings (SSSR count). The van der Waals surface area contributed by atoms with Crippen molar-refractivity contribution >= 4 is 18.3 Å². The van der Waals surface area contributed by atoms with Crippen LogP contribution in [0.1, 0.15) is 25.0 Å². The van der Waals surface area contributed by atoms with E-state index in [1.807, 2.05) is 0 Å². The quantitative estimate of drug-likeness (QED) is 0.746. The van der Waals surface area contributed by atoms with Gasteiger partial charge in [0.1, 0.15) is 0 Å². The zero-order valence-corrected chi connectivity index (χ0v) is 10.4. The Balaban J connectivity index is 3.14. The molecule has 0 atom stereocenters. The fourth-order valence-electron chi connectivity index (χ4n) is 1.73. The van der Waals surface area contributed by atoms with Gasteiger partial charge in [-0.05, 0) is 44.9 Å². The number of hydrogen-bond donors (Lipinski definition) is 1. The lowest BCUT2D eigenvalue weighted by atomic mass is 10.1. The summed E-state index contributed by atoms with van der Waals surface area (Å²) in [5.74, 6) is 0. The maximum Gasteiger partial charge on any atom is 0.0407 e. The van der Waals surface area contributed by atoms with Gasteiger partial charge in [-0.3, -0.25) is 0 Å². The van der Waals surface area contributed by atoms with Crippen molar-refractivity contribution < 1.29 is 0 Å². The third-order valence-corrected chi connectivity index (χ3v) is 3.10. The van der Waals surface area contributed by atoms with E-state index in [-0.39, 0.29) is 0 Å². The molecule has 0 unspecified atom stereocenters. The monoisotopic (exact) mass is 209 g/mol. The molecule has 0 spiro atoms. The number of thiol groups is 1. The van der Waals surface area contributed by atoms with Crippen LogP contribution in [0.25, 0.3) is 0 Å². The van der Waals surface area contributed by atoms with E-state index in [1.165, 1.54) is 16.8 Å². The number of anilines is 1. The van der Waals surface area contributed by atoms with Gasteiger partial charge in [0.25, 0.3) is 0 Å². The van der Waals surface area contributed by atoms with Crippen molar-refractivity contribution in [1.29, 1.82) is 0 Å². The Morgan fingerprint density at radius 2 is 1.64 bits per heavy atom. The predicted molar refractivity (Wildman–Crippen MR) is 66.7 cm³/mol. The third kappa shape index (κ3) is 2.24. The smallest absolute Gasteiger partial charge is 0.0407 e. The highest BCUT2D eigenvalue weighted by Gasteiger charge is 2.07. The molecule has 0 heterocycles.